The molecule has 0 saturated carbocycles. The van der Waals surface area contributed by atoms with Gasteiger partial charge in [-0.1, -0.05) is 17.7 Å². The molecule has 0 atom stereocenters. The second-order valence-corrected chi connectivity index (χ2v) is 6.64. The number of benzene rings is 1. The molecule has 7 heteroatoms. The Morgan fingerprint density at radius 1 is 1.26 bits per heavy atom. The topological polar surface area (TPSA) is 65.1 Å². The summed E-state index contributed by atoms with van der Waals surface area (Å²) in [6, 6.07) is 4.93. The Morgan fingerprint density at radius 2 is 1.91 bits per heavy atom. The summed E-state index contributed by atoms with van der Waals surface area (Å²) in [5.74, 6) is -0.216. The third kappa shape index (κ3) is 4.28. The van der Waals surface area contributed by atoms with Crippen LogP contribution >= 0.6 is 11.6 Å². The highest BCUT2D eigenvalue weighted by atomic mass is 35.5. The van der Waals surface area contributed by atoms with Crippen LogP contribution in [0.15, 0.2) is 18.2 Å². The molecule has 6 nitrogen and oxygen atoms in total. The summed E-state index contributed by atoms with van der Waals surface area (Å²) in [5, 5.41) is 0.262. The molecule has 1 heterocycles. The molecule has 0 unspecified atom stereocenters. The average molecular weight is 342 g/mol. The summed E-state index contributed by atoms with van der Waals surface area (Å²) in [4.78, 5) is 25.2. The van der Waals surface area contributed by atoms with E-state index >= 15 is 0 Å². The largest absolute Gasteiger partial charge is 0.486 e. The average Bonchev–Trinajstić information content (AvgIpc) is 2.39. The quantitative estimate of drug-likeness (QED) is 0.790. The highest BCUT2D eigenvalue weighted by Gasteiger charge is 2.36. The normalized spacial score (nSPS) is 14.9. The summed E-state index contributed by atoms with van der Waals surface area (Å²) < 4.78 is 15.8. The molecule has 0 N–H and O–H groups in total. The van der Waals surface area contributed by atoms with E-state index in [0.717, 1.165) is 0 Å². The SMILES string of the molecule is COC(=O)c1c(Cl)cccc1OC1CN(C(=O)OC(C)(C)C)C1. The number of hydrogen-bond acceptors (Lipinski definition) is 5. The van der Waals surface area contributed by atoms with Gasteiger partial charge in [0.25, 0.3) is 0 Å². The molecule has 1 aliphatic heterocycles. The molecule has 0 aliphatic carbocycles. The van der Waals surface area contributed by atoms with E-state index < -0.39 is 11.6 Å². The number of carbonyl (C=O) groups is 2. The van der Waals surface area contributed by atoms with E-state index in [1.807, 2.05) is 20.8 Å². The van der Waals surface area contributed by atoms with Crippen molar-refractivity contribution in [1.29, 1.82) is 0 Å². The molecule has 126 valence electrons. The lowest BCUT2D eigenvalue weighted by Gasteiger charge is -2.39. The lowest BCUT2D eigenvalue weighted by Crippen LogP contribution is -2.57. The highest BCUT2D eigenvalue weighted by Crippen LogP contribution is 2.29. The van der Waals surface area contributed by atoms with Crippen molar-refractivity contribution < 1.29 is 23.8 Å². The molecule has 23 heavy (non-hydrogen) atoms. The number of halogens is 1. The third-order valence-electron chi connectivity index (χ3n) is 3.16. The second kappa shape index (κ2) is 6.66. The molecule has 1 aliphatic rings. The fourth-order valence-electron chi connectivity index (χ4n) is 2.07. The van der Waals surface area contributed by atoms with Crippen molar-refractivity contribution in [1.82, 2.24) is 4.90 Å². The fourth-order valence-corrected chi connectivity index (χ4v) is 2.31. The monoisotopic (exact) mass is 341 g/mol. The molecule has 1 aromatic carbocycles. The van der Waals surface area contributed by atoms with Crippen molar-refractivity contribution in [3.05, 3.63) is 28.8 Å². The van der Waals surface area contributed by atoms with Gasteiger partial charge in [0.05, 0.1) is 25.2 Å². The number of amides is 1. The summed E-state index contributed by atoms with van der Waals surface area (Å²) >= 11 is 6.03. The number of likely N-dealkylation sites (tertiary alicyclic amines) is 1. The first kappa shape index (κ1) is 17.4. The predicted molar refractivity (Wildman–Crippen MR) is 85.0 cm³/mol. The summed E-state index contributed by atoms with van der Waals surface area (Å²) in [6.45, 7) is 6.22. The molecule has 1 amide bonds. The van der Waals surface area contributed by atoms with Crippen LogP contribution in [-0.2, 0) is 9.47 Å². The zero-order chi connectivity index (χ0) is 17.2. The lowest BCUT2D eigenvalue weighted by atomic mass is 10.1. The number of carbonyl (C=O) groups excluding carboxylic acids is 2. The molecule has 0 aromatic heterocycles. The van der Waals surface area contributed by atoms with Gasteiger partial charge in [-0.2, -0.15) is 0 Å². The molecule has 1 saturated heterocycles. The molecule has 1 fully saturated rings. The Hall–Kier alpha value is -1.95. The number of ether oxygens (including phenoxy) is 3. The van der Waals surface area contributed by atoms with E-state index in [4.69, 9.17) is 25.8 Å². The number of esters is 1. The van der Waals surface area contributed by atoms with Gasteiger partial charge in [0.15, 0.2) is 0 Å². The maximum Gasteiger partial charge on any atom is 0.410 e. The van der Waals surface area contributed by atoms with Crippen molar-refractivity contribution >= 4 is 23.7 Å². The minimum Gasteiger partial charge on any atom is -0.486 e. The molecule has 0 bridgehead atoms. The maximum atomic E-state index is 11.9. The van der Waals surface area contributed by atoms with Crippen LogP contribution in [0.5, 0.6) is 5.75 Å². The van der Waals surface area contributed by atoms with Crippen molar-refractivity contribution in [3.63, 3.8) is 0 Å². The van der Waals surface area contributed by atoms with Gasteiger partial charge in [-0.05, 0) is 32.9 Å². The Bertz CT molecular complexity index is 605. The summed E-state index contributed by atoms with van der Waals surface area (Å²) in [7, 11) is 1.28. The van der Waals surface area contributed by atoms with Crippen molar-refractivity contribution in [2.45, 2.75) is 32.5 Å². The van der Waals surface area contributed by atoms with Gasteiger partial charge in [0, 0.05) is 0 Å². The van der Waals surface area contributed by atoms with Crippen LogP contribution in [0.2, 0.25) is 5.02 Å². The molecular formula is C16H20ClNO5. The predicted octanol–water partition coefficient (Wildman–Crippen LogP) is 3.12. The van der Waals surface area contributed by atoms with E-state index in [-0.39, 0.29) is 22.8 Å². The summed E-state index contributed by atoms with van der Waals surface area (Å²) in [6.07, 6.45) is -0.596. The Kier molecular flexibility index (Phi) is 5.04. The van der Waals surface area contributed by atoms with Crippen LogP contribution in [0.4, 0.5) is 4.79 Å². The first-order chi connectivity index (χ1) is 10.7. The van der Waals surface area contributed by atoms with Gasteiger partial charge in [-0.25, -0.2) is 9.59 Å². The van der Waals surface area contributed by atoms with Gasteiger partial charge in [0.1, 0.15) is 23.0 Å². The minimum atomic E-state index is -0.561. The van der Waals surface area contributed by atoms with Crippen LogP contribution in [-0.4, -0.2) is 48.9 Å². The van der Waals surface area contributed by atoms with Gasteiger partial charge < -0.3 is 19.1 Å². The van der Waals surface area contributed by atoms with E-state index in [2.05, 4.69) is 0 Å². The molecule has 2 rings (SSSR count). The Labute approximate surface area is 140 Å². The second-order valence-electron chi connectivity index (χ2n) is 6.23. The van der Waals surface area contributed by atoms with Crippen LogP contribution < -0.4 is 4.74 Å². The van der Waals surface area contributed by atoms with Crippen LogP contribution in [0.25, 0.3) is 0 Å². The number of nitrogens with zero attached hydrogens (tertiary/aromatic N) is 1. The first-order valence-electron chi connectivity index (χ1n) is 7.22. The molecule has 0 spiro atoms. The van der Waals surface area contributed by atoms with Gasteiger partial charge in [-0.3, -0.25) is 0 Å². The lowest BCUT2D eigenvalue weighted by molar-refractivity contribution is -0.0225. The smallest absolute Gasteiger partial charge is 0.410 e. The van der Waals surface area contributed by atoms with Crippen LogP contribution in [0.1, 0.15) is 31.1 Å². The van der Waals surface area contributed by atoms with Gasteiger partial charge >= 0.3 is 12.1 Å². The minimum absolute atomic E-state index is 0.187. The van der Waals surface area contributed by atoms with Crippen molar-refractivity contribution in [2.75, 3.05) is 20.2 Å². The van der Waals surface area contributed by atoms with Gasteiger partial charge in [0.2, 0.25) is 0 Å². The van der Waals surface area contributed by atoms with E-state index in [1.54, 1.807) is 18.2 Å². The molecule has 1 aromatic rings. The van der Waals surface area contributed by atoms with Crippen molar-refractivity contribution in [2.24, 2.45) is 0 Å². The number of rotatable bonds is 3. The molecular weight excluding hydrogens is 322 g/mol. The van der Waals surface area contributed by atoms with Crippen molar-refractivity contribution in [3.8, 4) is 5.75 Å². The Balaban J connectivity index is 1.97. The maximum absolute atomic E-state index is 11.9. The highest BCUT2D eigenvalue weighted by molar-refractivity contribution is 6.34. The third-order valence-corrected chi connectivity index (χ3v) is 3.47. The van der Waals surface area contributed by atoms with Gasteiger partial charge in [-0.15, -0.1) is 0 Å². The molecule has 0 radical (unpaired) electrons. The fraction of sp³-hybridized carbons (Fsp3) is 0.500. The van der Waals surface area contributed by atoms with E-state index in [0.29, 0.717) is 18.8 Å². The van der Waals surface area contributed by atoms with E-state index in [9.17, 15) is 9.59 Å². The standard InChI is InChI=1S/C16H20ClNO5/c1-16(2,3)23-15(20)18-8-10(9-18)22-12-7-5-6-11(17)13(12)14(19)21-4/h5-7,10H,8-9H2,1-4H3. The first-order valence-corrected chi connectivity index (χ1v) is 7.60. The summed E-state index contributed by atoms with van der Waals surface area (Å²) in [5.41, 5.74) is -0.346. The van der Waals surface area contributed by atoms with E-state index in [1.165, 1.54) is 12.0 Å². The number of methoxy groups -OCH3 is 1. The zero-order valence-electron chi connectivity index (χ0n) is 13.6. The van der Waals surface area contributed by atoms with Crippen LogP contribution in [0, 0.1) is 0 Å². The number of hydrogen-bond donors (Lipinski definition) is 0. The van der Waals surface area contributed by atoms with Crippen LogP contribution in [0.3, 0.4) is 0 Å². The Morgan fingerprint density at radius 3 is 2.48 bits per heavy atom. The zero-order valence-corrected chi connectivity index (χ0v) is 14.3.